The van der Waals surface area contributed by atoms with Crippen molar-refractivity contribution in [1.82, 2.24) is 10.2 Å². The van der Waals surface area contributed by atoms with Gasteiger partial charge in [0.2, 0.25) is 0 Å². The summed E-state index contributed by atoms with van der Waals surface area (Å²) >= 11 is 0. The number of nitrogens with one attached hydrogen (secondary N) is 1. The smallest absolute Gasteiger partial charge is 0.193 e. The fraction of sp³-hybridized carbons (Fsp3) is 0.917. The van der Waals surface area contributed by atoms with E-state index in [9.17, 15) is 0 Å². The van der Waals surface area contributed by atoms with Crippen molar-refractivity contribution in [3.63, 3.8) is 0 Å². The molecule has 1 aliphatic carbocycles. The number of nitrogens with zero attached hydrogens (tertiary/aromatic N) is 2. The molecule has 0 spiro atoms. The minimum atomic E-state index is 0.667. The Morgan fingerprint density at radius 3 is 2.81 bits per heavy atom. The molecule has 4 heteroatoms. The lowest BCUT2D eigenvalue weighted by Gasteiger charge is -2.31. The maximum Gasteiger partial charge on any atom is 0.193 e. The number of guanidine groups is 1. The molecule has 1 N–H and O–H groups in total. The van der Waals surface area contributed by atoms with E-state index in [-0.39, 0.29) is 0 Å². The van der Waals surface area contributed by atoms with E-state index < -0.39 is 0 Å². The third-order valence-corrected chi connectivity index (χ3v) is 3.64. The first-order valence-corrected chi connectivity index (χ1v) is 6.30. The zero-order valence-corrected chi connectivity index (χ0v) is 10.4. The Bertz CT molecular complexity index is 251. The van der Waals surface area contributed by atoms with Gasteiger partial charge in [-0.3, -0.25) is 4.99 Å². The standard InChI is InChI=1S/C12H23N3O/c1-13-12(14-11-4-3-5-11)15-7-6-10(8-15)9-16-2/h10-11H,3-9H2,1-2H3,(H,13,14). The molecule has 1 saturated carbocycles. The minimum Gasteiger partial charge on any atom is -0.384 e. The Kier molecular flexibility index (Phi) is 4.04. The van der Waals surface area contributed by atoms with E-state index in [2.05, 4.69) is 15.2 Å². The zero-order chi connectivity index (χ0) is 11.4. The van der Waals surface area contributed by atoms with Crippen LogP contribution in [-0.4, -0.2) is 50.8 Å². The monoisotopic (exact) mass is 225 g/mol. The predicted molar refractivity (Wildman–Crippen MR) is 65.7 cm³/mol. The maximum atomic E-state index is 5.21. The first-order chi connectivity index (χ1) is 7.83. The van der Waals surface area contributed by atoms with Crippen LogP contribution >= 0.6 is 0 Å². The first kappa shape index (κ1) is 11.7. The Labute approximate surface area is 98.1 Å². The number of hydrogen-bond donors (Lipinski definition) is 1. The molecular formula is C12H23N3O. The van der Waals surface area contributed by atoms with E-state index in [0.717, 1.165) is 25.7 Å². The van der Waals surface area contributed by atoms with Crippen molar-refractivity contribution in [3.8, 4) is 0 Å². The summed E-state index contributed by atoms with van der Waals surface area (Å²) in [5.41, 5.74) is 0. The molecule has 1 atom stereocenters. The van der Waals surface area contributed by atoms with Crippen molar-refractivity contribution < 1.29 is 4.74 Å². The largest absolute Gasteiger partial charge is 0.384 e. The molecule has 0 amide bonds. The van der Waals surface area contributed by atoms with Crippen LogP contribution < -0.4 is 5.32 Å². The van der Waals surface area contributed by atoms with Crippen LogP contribution in [-0.2, 0) is 4.74 Å². The highest BCUT2D eigenvalue weighted by atomic mass is 16.5. The van der Waals surface area contributed by atoms with Gasteiger partial charge in [0.15, 0.2) is 5.96 Å². The van der Waals surface area contributed by atoms with E-state index in [1.165, 1.54) is 25.7 Å². The summed E-state index contributed by atoms with van der Waals surface area (Å²) < 4.78 is 5.21. The summed E-state index contributed by atoms with van der Waals surface area (Å²) in [6, 6.07) is 0.667. The highest BCUT2D eigenvalue weighted by Gasteiger charge is 2.27. The SMILES string of the molecule is CN=C(NC1CCC1)N1CCC(COC)C1. The molecule has 1 aliphatic heterocycles. The highest BCUT2D eigenvalue weighted by molar-refractivity contribution is 5.80. The Hall–Kier alpha value is -0.770. The summed E-state index contributed by atoms with van der Waals surface area (Å²) in [4.78, 5) is 6.74. The lowest BCUT2D eigenvalue weighted by atomic mass is 9.93. The van der Waals surface area contributed by atoms with Gasteiger partial charge in [-0.2, -0.15) is 0 Å². The second-order valence-electron chi connectivity index (χ2n) is 4.88. The molecule has 4 nitrogen and oxygen atoms in total. The van der Waals surface area contributed by atoms with Gasteiger partial charge in [0.05, 0.1) is 6.61 Å². The molecule has 0 aromatic rings. The number of likely N-dealkylation sites (tertiary alicyclic amines) is 1. The molecular weight excluding hydrogens is 202 g/mol. The number of hydrogen-bond acceptors (Lipinski definition) is 2. The second kappa shape index (κ2) is 5.53. The summed E-state index contributed by atoms with van der Waals surface area (Å²) in [5.74, 6) is 1.76. The summed E-state index contributed by atoms with van der Waals surface area (Å²) in [7, 11) is 3.66. The lowest BCUT2D eigenvalue weighted by molar-refractivity contribution is 0.157. The maximum absolute atomic E-state index is 5.21. The highest BCUT2D eigenvalue weighted by Crippen LogP contribution is 2.20. The summed E-state index contributed by atoms with van der Waals surface area (Å²) in [6.45, 7) is 3.07. The zero-order valence-electron chi connectivity index (χ0n) is 10.4. The van der Waals surface area contributed by atoms with Gasteiger partial charge in [0, 0.05) is 39.2 Å². The van der Waals surface area contributed by atoms with Gasteiger partial charge >= 0.3 is 0 Å². The number of aliphatic imine (C=N–C) groups is 1. The van der Waals surface area contributed by atoms with Crippen LogP contribution in [0.15, 0.2) is 4.99 Å². The molecule has 0 aromatic carbocycles. The van der Waals surface area contributed by atoms with Crippen LogP contribution in [0.4, 0.5) is 0 Å². The number of rotatable bonds is 3. The summed E-state index contributed by atoms with van der Waals surface area (Å²) in [6.07, 6.45) is 5.18. The van der Waals surface area contributed by atoms with Gasteiger partial charge in [-0.05, 0) is 25.7 Å². The van der Waals surface area contributed by atoms with Crippen molar-refractivity contribution in [3.05, 3.63) is 0 Å². The van der Waals surface area contributed by atoms with Crippen molar-refractivity contribution in [2.24, 2.45) is 10.9 Å². The first-order valence-electron chi connectivity index (χ1n) is 6.30. The average Bonchev–Trinajstić information content (AvgIpc) is 2.66. The van der Waals surface area contributed by atoms with Gasteiger partial charge in [-0.15, -0.1) is 0 Å². The predicted octanol–water partition coefficient (Wildman–Crippen LogP) is 1.08. The minimum absolute atomic E-state index is 0.667. The van der Waals surface area contributed by atoms with E-state index in [4.69, 9.17) is 4.74 Å². The Balaban J connectivity index is 1.81. The molecule has 0 bridgehead atoms. The van der Waals surface area contributed by atoms with Gasteiger partial charge in [-0.1, -0.05) is 0 Å². The molecule has 92 valence electrons. The average molecular weight is 225 g/mol. The van der Waals surface area contributed by atoms with Crippen LogP contribution in [0.25, 0.3) is 0 Å². The normalized spacial score (nSPS) is 27.0. The molecule has 1 unspecified atom stereocenters. The molecule has 1 heterocycles. The van der Waals surface area contributed by atoms with Crippen molar-refractivity contribution in [1.29, 1.82) is 0 Å². The molecule has 0 aromatic heterocycles. The molecule has 2 aliphatic rings. The van der Waals surface area contributed by atoms with E-state index in [0.29, 0.717) is 12.0 Å². The van der Waals surface area contributed by atoms with Gasteiger partial charge in [0.25, 0.3) is 0 Å². The lowest BCUT2D eigenvalue weighted by Crippen LogP contribution is -2.47. The van der Waals surface area contributed by atoms with Crippen LogP contribution in [0, 0.1) is 5.92 Å². The summed E-state index contributed by atoms with van der Waals surface area (Å²) in [5, 5.41) is 3.54. The van der Waals surface area contributed by atoms with Crippen LogP contribution in [0.1, 0.15) is 25.7 Å². The molecule has 16 heavy (non-hydrogen) atoms. The quantitative estimate of drug-likeness (QED) is 0.577. The van der Waals surface area contributed by atoms with E-state index >= 15 is 0 Å². The van der Waals surface area contributed by atoms with Crippen LogP contribution in [0.3, 0.4) is 0 Å². The van der Waals surface area contributed by atoms with Crippen LogP contribution in [0.5, 0.6) is 0 Å². The van der Waals surface area contributed by atoms with Crippen molar-refractivity contribution >= 4 is 5.96 Å². The van der Waals surface area contributed by atoms with Gasteiger partial charge < -0.3 is 15.0 Å². The van der Waals surface area contributed by atoms with Crippen LogP contribution in [0.2, 0.25) is 0 Å². The Morgan fingerprint density at radius 1 is 1.44 bits per heavy atom. The topological polar surface area (TPSA) is 36.9 Å². The second-order valence-corrected chi connectivity index (χ2v) is 4.88. The van der Waals surface area contributed by atoms with Crippen molar-refractivity contribution in [2.75, 3.05) is 33.9 Å². The van der Waals surface area contributed by atoms with Gasteiger partial charge in [-0.25, -0.2) is 0 Å². The molecule has 2 rings (SSSR count). The number of methoxy groups -OCH3 is 1. The van der Waals surface area contributed by atoms with E-state index in [1.807, 2.05) is 7.05 Å². The number of ether oxygens (including phenoxy) is 1. The fourth-order valence-electron chi connectivity index (χ4n) is 2.43. The van der Waals surface area contributed by atoms with Crippen molar-refractivity contribution in [2.45, 2.75) is 31.7 Å². The molecule has 1 saturated heterocycles. The molecule has 2 fully saturated rings. The van der Waals surface area contributed by atoms with Gasteiger partial charge in [0.1, 0.15) is 0 Å². The third-order valence-electron chi connectivity index (χ3n) is 3.64. The molecule has 0 radical (unpaired) electrons. The Morgan fingerprint density at radius 2 is 2.25 bits per heavy atom. The third kappa shape index (κ3) is 2.67. The fourth-order valence-corrected chi connectivity index (χ4v) is 2.43. The van der Waals surface area contributed by atoms with E-state index in [1.54, 1.807) is 7.11 Å².